The number of hydrogen-bond donors (Lipinski definition) is 1. The van der Waals surface area contributed by atoms with E-state index < -0.39 is 0 Å². The zero-order valence-corrected chi connectivity index (χ0v) is 8.92. The number of nitrogens with two attached hydrogens (primary N) is 1. The molecule has 2 heterocycles. The minimum Gasteiger partial charge on any atom is -0.467 e. The van der Waals surface area contributed by atoms with Gasteiger partial charge in [0.15, 0.2) is 0 Å². The molecule has 4 nitrogen and oxygen atoms in total. The van der Waals surface area contributed by atoms with Gasteiger partial charge in [-0.25, -0.2) is 0 Å². The third-order valence-corrected chi connectivity index (χ3v) is 2.35. The van der Waals surface area contributed by atoms with Gasteiger partial charge in [0, 0.05) is 12.2 Å². The lowest BCUT2D eigenvalue weighted by molar-refractivity contribution is 0.368. The van der Waals surface area contributed by atoms with Gasteiger partial charge in [-0.15, -0.1) is 0 Å². The lowest BCUT2D eigenvalue weighted by atomic mass is 10.1. The summed E-state index contributed by atoms with van der Waals surface area (Å²) in [5.74, 6) is 0.841. The van der Waals surface area contributed by atoms with Gasteiger partial charge in [0.2, 0.25) is 0 Å². The minimum absolute atomic E-state index is 0.0336. The largest absolute Gasteiger partial charge is 0.467 e. The minimum atomic E-state index is -0.0459. The summed E-state index contributed by atoms with van der Waals surface area (Å²) in [4.78, 5) is 0. The van der Waals surface area contributed by atoms with Crippen molar-refractivity contribution in [3.63, 3.8) is 0 Å². The maximum Gasteiger partial charge on any atom is 0.129 e. The van der Waals surface area contributed by atoms with Crippen molar-refractivity contribution in [2.24, 2.45) is 5.73 Å². The number of rotatable bonds is 3. The lowest BCUT2D eigenvalue weighted by Crippen LogP contribution is -2.30. The zero-order valence-electron chi connectivity index (χ0n) is 8.92. The molecule has 15 heavy (non-hydrogen) atoms. The van der Waals surface area contributed by atoms with E-state index in [9.17, 15) is 0 Å². The quantitative estimate of drug-likeness (QED) is 0.830. The van der Waals surface area contributed by atoms with Crippen molar-refractivity contribution in [2.45, 2.75) is 25.9 Å². The monoisotopic (exact) mass is 205 g/mol. The van der Waals surface area contributed by atoms with Crippen LogP contribution in [0.25, 0.3) is 0 Å². The van der Waals surface area contributed by atoms with Crippen LogP contribution in [0, 0.1) is 6.92 Å². The van der Waals surface area contributed by atoms with Gasteiger partial charge >= 0.3 is 0 Å². The Balaban J connectivity index is 2.36. The summed E-state index contributed by atoms with van der Waals surface area (Å²) in [5.41, 5.74) is 7.07. The van der Waals surface area contributed by atoms with Gasteiger partial charge in [0.25, 0.3) is 0 Å². The second kappa shape index (κ2) is 3.90. The molecule has 0 amide bonds. The van der Waals surface area contributed by atoms with E-state index in [2.05, 4.69) is 5.10 Å². The zero-order chi connectivity index (χ0) is 10.8. The fraction of sp³-hybridized carbons (Fsp3) is 0.364. The molecular weight excluding hydrogens is 190 g/mol. The Morgan fingerprint density at radius 1 is 1.53 bits per heavy atom. The molecule has 2 unspecified atom stereocenters. The van der Waals surface area contributed by atoms with E-state index in [4.69, 9.17) is 10.2 Å². The van der Waals surface area contributed by atoms with Gasteiger partial charge in [0.1, 0.15) is 11.8 Å². The standard InChI is InChI=1S/C11H15N3O/c1-8-6-13-14(7-8)11(9(2)12)10-4-3-5-15-10/h3-7,9,11H,12H2,1-2H3. The van der Waals surface area contributed by atoms with E-state index in [1.54, 1.807) is 6.26 Å². The van der Waals surface area contributed by atoms with Gasteiger partial charge in [-0.1, -0.05) is 0 Å². The van der Waals surface area contributed by atoms with E-state index in [1.165, 1.54) is 0 Å². The van der Waals surface area contributed by atoms with E-state index >= 15 is 0 Å². The van der Waals surface area contributed by atoms with E-state index in [1.807, 2.05) is 43.1 Å². The fourth-order valence-electron chi connectivity index (χ4n) is 1.68. The third kappa shape index (κ3) is 1.94. The van der Waals surface area contributed by atoms with E-state index in [-0.39, 0.29) is 12.1 Å². The van der Waals surface area contributed by atoms with Crippen LogP contribution in [0.1, 0.15) is 24.3 Å². The smallest absolute Gasteiger partial charge is 0.129 e. The molecule has 0 radical (unpaired) electrons. The fourth-order valence-corrected chi connectivity index (χ4v) is 1.68. The van der Waals surface area contributed by atoms with Crippen molar-refractivity contribution < 1.29 is 4.42 Å². The molecule has 0 aliphatic heterocycles. The van der Waals surface area contributed by atoms with Crippen LogP contribution in [0.2, 0.25) is 0 Å². The predicted molar refractivity (Wildman–Crippen MR) is 57.5 cm³/mol. The van der Waals surface area contributed by atoms with Gasteiger partial charge < -0.3 is 10.2 Å². The summed E-state index contributed by atoms with van der Waals surface area (Å²) >= 11 is 0. The van der Waals surface area contributed by atoms with Crippen LogP contribution in [0.4, 0.5) is 0 Å². The van der Waals surface area contributed by atoms with Crippen molar-refractivity contribution in [3.05, 3.63) is 42.1 Å². The van der Waals surface area contributed by atoms with Crippen LogP contribution >= 0.6 is 0 Å². The van der Waals surface area contributed by atoms with Crippen molar-refractivity contribution in [2.75, 3.05) is 0 Å². The van der Waals surface area contributed by atoms with Crippen LogP contribution in [-0.4, -0.2) is 15.8 Å². The molecule has 0 bridgehead atoms. The maximum atomic E-state index is 5.95. The molecule has 0 saturated carbocycles. The number of nitrogens with zero attached hydrogens (tertiary/aromatic N) is 2. The molecule has 2 N–H and O–H groups in total. The summed E-state index contributed by atoms with van der Waals surface area (Å²) in [6, 6.07) is 3.70. The maximum absolute atomic E-state index is 5.95. The Morgan fingerprint density at radius 3 is 2.80 bits per heavy atom. The van der Waals surface area contributed by atoms with Crippen molar-refractivity contribution >= 4 is 0 Å². The third-order valence-electron chi connectivity index (χ3n) is 2.35. The average molecular weight is 205 g/mol. The summed E-state index contributed by atoms with van der Waals surface area (Å²) in [5, 5.41) is 4.27. The highest BCUT2D eigenvalue weighted by molar-refractivity contribution is 5.10. The molecule has 0 aliphatic carbocycles. The molecule has 0 aromatic carbocycles. The molecule has 2 aromatic heterocycles. The van der Waals surface area contributed by atoms with Crippen LogP contribution in [0.15, 0.2) is 35.2 Å². The highest BCUT2D eigenvalue weighted by atomic mass is 16.3. The molecular formula is C11H15N3O. The van der Waals surface area contributed by atoms with Crippen LogP contribution in [-0.2, 0) is 0 Å². The molecule has 0 aliphatic rings. The number of hydrogen-bond acceptors (Lipinski definition) is 3. The second-order valence-electron chi connectivity index (χ2n) is 3.82. The van der Waals surface area contributed by atoms with Crippen molar-refractivity contribution in [1.29, 1.82) is 0 Å². The van der Waals surface area contributed by atoms with Gasteiger partial charge in [-0.3, -0.25) is 4.68 Å². The Bertz CT molecular complexity index is 417. The number of furan rings is 1. The molecule has 0 spiro atoms. The molecule has 80 valence electrons. The Hall–Kier alpha value is -1.55. The highest BCUT2D eigenvalue weighted by Gasteiger charge is 2.21. The molecule has 4 heteroatoms. The average Bonchev–Trinajstić information content (AvgIpc) is 2.77. The van der Waals surface area contributed by atoms with E-state index in [0.29, 0.717) is 0 Å². The van der Waals surface area contributed by atoms with Crippen molar-refractivity contribution in [3.8, 4) is 0 Å². The molecule has 2 atom stereocenters. The predicted octanol–water partition coefficient (Wildman–Crippen LogP) is 1.72. The van der Waals surface area contributed by atoms with E-state index in [0.717, 1.165) is 11.3 Å². The first kappa shape index (κ1) is 9.98. The Kier molecular flexibility index (Phi) is 2.60. The topological polar surface area (TPSA) is 57.0 Å². The molecule has 2 rings (SSSR count). The van der Waals surface area contributed by atoms with Crippen molar-refractivity contribution in [1.82, 2.24) is 9.78 Å². The number of aromatic nitrogens is 2. The first-order chi connectivity index (χ1) is 7.18. The summed E-state index contributed by atoms with van der Waals surface area (Å²) in [6.07, 6.45) is 5.44. The molecule has 0 saturated heterocycles. The highest BCUT2D eigenvalue weighted by Crippen LogP contribution is 2.21. The summed E-state index contributed by atoms with van der Waals surface area (Å²) in [7, 11) is 0. The first-order valence-electron chi connectivity index (χ1n) is 4.98. The first-order valence-corrected chi connectivity index (χ1v) is 4.98. The van der Waals surface area contributed by atoms with Crippen LogP contribution in [0.5, 0.6) is 0 Å². The summed E-state index contributed by atoms with van der Waals surface area (Å²) in [6.45, 7) is 3.95. The van der Waals surface area contributed by atoms with Gasteiger partial charge in [-0.05, 0) is 31.5 Å². The SMILES string of the molecule is Cc1cnn(C(c2ccco2)C(C)N)c1. The van der Waals surface area contributed by atoms with Gasteiger partial charge in [0.05, 0.1) is 12.5 Å². The van der Waals surface area contributed by atoms with Crippen LogP contribution in [0.3, 0.4) is 0 Å². The molecule has 0 fully saturated rings. The second-order valence-corrected chi connectivity index (χ2v) is 3.82. The Morgan fingerprint density at radius 2 is 2.33 bits per heavy atom. The number of aryl methyl sites for hydroxylation is 1. The normalized spacial score (nSPS) is 15.1. The Labute approximate surface area is 88.7 Å². The van der Waals surface area contributed by atoms with Crippen LogP contribution < -0.4 is 5.73 Å². The molecule has 2 aromatic rings. The summed E-state index contributed by atoms with van der Waals surface area (Å²) < 4.78 is 7.23. The lowest BCUT2D eigenvalue weighted by Gasteiger charge is -2.18. The van der Waals surface area contributed by atoms with Gasteiger partial charge in [-0.2, -0.15) is 5.10 Å².